The number of carbonyl (C=O) groups is 1. The molecule has 1 atom stereocenters. The molecule has 3 rings (SSSR count). The molecular formula is C14H12N4O. The van der Waals surface area contributed by atoms with Crippen LogP contribution in [0.2, 0.25) is 0 Å². The molecule has 0 fully saturated rings. The van der Waals surface area contributed by atoms with E-state index in [0.29, 0.717) is 6.42 Å². The molecule has 1 heterocycles. The van der Waals surface area contributed by atoms with Crippen LogP contribution in [0.25, 0.3) is 10.8 Å². The third-order valence-corrected chi connectivity index (χ3v) is 3.51. The average molecular weight is 252 g/mol. The summed E-state index contributed by atoms with van der Waals surface area (Å²) >= 11 is 0. The Labute approximate surface area is 110 Å². The number of nitriles is 1. The Morgan fingerprint density at radius 3 is 3.11 bits per heavy atom. The summed E-state index contributed by atoms with van der Waals surface area (Å²) in [5, 5.41) is 14.3. The molecule has 5 nitrogen and oxygen atoms in total. The second kappa shape index (κ2) is 4.04. The Balaban J connectivity index is 2.21. The molecular weight excluding hydrogens is 240 g/mol. The minimum Gasteiger partial charge on any atom is -0.333 e. The molecule has 19 heavy (non-hydrogen) atoms. The lowest BCUT2D eigenvalue weighted by atomic mass is 9.93. The van der Waals surface area contributed by atoms with Gasteiger partial charge in [0.25, 0.3) is 0 Å². The van der Waals surface area contributed by atoms with Crippen LogP contribution in [0.15, 0.2) is 30.6 Å². The monoisotopic (exact) mass is 252 g/mol. The first-order valence-corrected chi connectivity index (χ1v) is 5.98. The van der Waals surface area contributed by atoms with E-state index in [1.54, 1.807) is 12.4 Å². The number of amides is 1. The van der Waals surface area contributed by atoms with Crippen LogP contribution >= 0.6 is 0 Å². The zero-order valence-corrected chi connectivity index (χ0v) is 10.2. The first-order valence-electron chi connectivity index (χ1n) is 5.98. The van der Waals surface area contributed by atoms with Gasteiger partial charge in [-0.2, -0.15) is 5.26 Å². The lowest BCUT2D eigenvalue weighted by molar-refractivity contribution is -0.121. The van der Waals surface area contributed by atoms with E-state index in [1.807, 2.05) is 18.2 Å². The molecule has 0 bridgehead atoms. The second-order valence-electron chi connectivity index (χ2n) is 4.65. The average Bonchev–Trinajstić information content (AvgIpc) is 2.76. The zero-order chi connectivity index (χ0) is 13.5. The third kappa shape index (κ3) is 1.58. The first kappa shape index (κ1) is 11.6. The van der Waals surface area contributed by atoms with Gasteiger partial charge in [0, 0.05) is 29.8 Å². The number of nitrogens with two attached hydrogens (primary N) is 1. The summed E-state index contributed by atoms with van der Waals surface area (Å²) in [7, 11) is 0. The van der Waals surface area contributed by atoms with Crippen molar-refractivity contribution in [2.24, 2.45) is 5.73 Å². The van der Waals surface area contributed by atoms with Crippen LogP contribution < -0.4 is 11.1 Å². The van der Waals surface area contributed by atoms with Crippen molar-refractivity contribution in [1.29, 1.82) is 5.26 Å². The normalized spacial score (nSPS) is 20.2. The van der Waals surface area contributed by atoms with Gasteiger partial charge in [-0.05, 0) is 10.9 Å². The Bertz CT molecular complexity index is 714. The standard InChI is InChI=1S/C14H12N4O/c15-5-12(19)18-14(8-16)4-9-2-1-3-10-6-17-7-11(14)13(9)10/h1-3,6-7H,4-5,15H2,(H,18,19). The number of carbonyl (C=O) groups excluding carboxylic acids is 1. The number of benzene rings is 1. The van der Waals surface area contributed by atoms with Gasteiger partial charge < -0.3 is 11.1 Å². The number of hydrogen-bond donors (Lipinski definition) is 2. The smallest absolute Gasteiger partial charge is 0.235 e. The Hall–Kier alpha value is -2.45. The largest absolute Gasteiger partial charge is 0.333 e. The predicted octanol–water partition coefficient (Wildman–Crippen LogP) is 0.585. The van der Waals surface area contributed by atoms with Crippen molar-refractivity contribution in [3.8, 4) is 6.07 Å². The molecule has 0 spiro atoms. The van der Waals surface area contributed by atoms with Crippen molar-refractivity contribution in [3.63, 3.8) is 0 Å². The second-order valence-corrected chi connectivity index (χ2v) is 4.65. The summed E-state index contributed by atoms with van der Waals surface area (Å²) in [6.45, 7) is -0.136. The maximum atomic E-state index is 11.6. The molecule has 0 aliphatic heterocycles. The molecule has 2 aromatic rings. The molecule has 1 aliphatic rings. The summed E-state index contributed by atoms with van der Waals surface area (Å²) in [6, 6.07) is 8.08. The van der Waals surface area contributed by atoms with E-state index >= 15 is 0 Å². The van der Waals surface area contributed by atoms with Gasteiger partial charge in [0.2, 0.25) is 5.91 Å². The number of nitrogens with one attached hydrogen (secondary N) is 1. The maximum absolute atomic E-state index is 11.6. The SMILES string of the molecule is N#CC1(NC(=O)CN)Cc2cccc3cncc1c23. The maximum Gasteiger partial charge on any atom is 0.235 e. The summed E-state index contributed by atoms with van der Waals surface area (Å²) in [4.78, 5) is 15.8. The van der Waals surface area contributed by atoms with Crippen LogP contribution in [0.1, 0.15) is 11.1 Å². The Kier molecular flexibility index (Phi) is 2.47. The number of aromatic nitrogens is 1. The lowest BCUT2D eigenvalue weighted by Crippen LogP contribution is -2.47. The lowest BCUT2D eigenvalue weighted by Gasteiger charge is -2.23. The van der Waals surface area contributed by atoms with Crippen molar-refractivity contribution in [1.82, 2.24) is 10.3 Å². The fourth-order valence-electron chi connectivity index (χ4n) is 2.69. The Morgan fingerprint density at radius 2 is 2.37 bits per heavy atom. The molecule has 1 aliphatic carbocycles. The Morgan fingerprint density at radius 1 is 1.53 bits per heavy atom. The third-order valence-electron chi connectivity index (χ3n) is 3.51. The van der Waals surface area contributed by atoms with Crippen LogP contribution in [-0.2, 0) is 16.8 Å². The van der Waals surface area contributed by atoms with Gasteiger partial charge in [-0.15, -0.1) is 0 Å². The number of nitrogens with zero attached hydrogens (tertiary/aromatic N) is 2. The van der Waals surface area contributed by atoms with Gasteiger partial charge >= 0.3 is 0 Å². The molecule has 0 radical (unpaired) electrons. The highest BCUT2D eigenvalue weighted by atomic mass is 16.2. The van der Waals surface area contributed by atoms with Crippen molar-refractivity contribution < 1.29 is 4.79 Å². The van der Waals surface area contributed by atoms with Crippen molar-refractivity contribution >= 4 is 16.7 Å². The van der Waals surface area contributed by atoms with E-state index in [1.165, 1.54) is 0 Å². The summed E-state index contributed by atoms with van der Waals surface area (Å²) in [5.41, 5.74) is 6.08. The highest BCUT2D eigenvalue weighted by Crippen LogP contribution is 2.40. The number of rotatable bonds is 2. The van der Waals surface area contributed by atoms with E-state index in [9.17, 15) is 10.1 Å². The minimum atomic E-state index is -1.05. The van der Waals surface area contributed by atoms with Gasteiger partial charge in [-0.3, -0.25) is 9.78 Å². The van der Waals surface area contributed by atoms with Crippen molar-refractivity contribution in [2.45, 2.75) is 12.0 Å². The molecule has 1 amide bonds. The molecule has 0 saturated carbocycles. The van der Waals surface area contributed by atoms with E-state index in [4.69, 9.17) is 5.73 Å². The van der Waals surface area contributed by atoms with E-state index in [0.717, 1.165) is 21.9 Å². The van der Waals surface area contributed by atoms with E-state index in [-0.39, 0.29) is 12.5 Å². The van der Waals surface area contributed by atoms with Crippen molar-refractivity contribution in [3.05, 3.63) is 41.7 Å². The highest BCUT2D eigenvalue weighted by Gasteiger charge is 2.41. The first-order chi connectivity index (χ1) is 9.20. The fourth-order valence-corrected chi connectivity index (χ4v) is 2.69. The van der Waals surface area contributed by atoms with Gasteiger partial charge in [0.15, 0.2) is 5.54 Å². The molecule has 94 valence electrons. The minimum absolute atomic E-state index is 0.136. The van der Waals surface area contributed by atoms with Gasteiger partial charge in [-0.1, -0.05) is 18.2 Å². The topological polar surface area (TPSA) is 91.8 Å². The summed E-state index contributed by atoms with van der Waals surface area (Å²) in [5.74, 6) is -0.341. The highest BCUT2D eigenvalue weighted by molar-refractivity contribution is 5.93. The van der Waals surface area contributed by atoms with Gasteiger partial charge in [-0.25, -0.2) is 0 Å². The number of hydrogen-bond acceptors (Lipinski definition) is 4. The van der Waals surface area contributed by atoms with Crippen LogP contribution in [-0.4, -0.2) is 17.4 Å². The molecule has 1 unspecified atom stereocenters. The number of pyridine rings is 1. The van der Waals surface area contributed by atoms with Crippen LogP contribution in [0.4, 0.5) is 0 Å². The predicted molar refractivity (Wildman–Crippen MR) is 69.9 cm³/mol. The van der Waals surface area contributed by atoms with Gasteiger partial charge in [0.1, 0.15) is 0 Å². The fraction of sp³-hybridized carbons (Fsp3) is 0.214. The van der Waals surface area contributed by atoms with Crippen molar-refractivity contribution in [2.75, 3.05) is 6.54 Å². The molecule has 3 N–H and O–H groups in total. The van der Waals surface area contributed by atoms with Crippen LogP contribution in [0.3, 0.4) is 0 Å². The van der Waals surface area contributed by atoms with E-state index < -0.39 is 5.54 Å². The molecule has 1 aromatic carbocycles. The molecule has 1 aromatic heterocycles. The van der Waals surface area contributed by atoms with Gasteiger partial charge in [0.05, 0.1) is 12.6 Å². The summed E-state index contributed by atoms with van der Waals surface area (Å²) < 4.78 is 0. The van der Waals surface area contributed by atoms with Crippen LogP contribution in [0, 0.1) is 11.3 Å². The summed E-state index contributed by atoms with van der Waals surface area (Å²) in [6.07, 6.45) is 3.87. The quantitative estimate of drug-likeness (QED) is 0.818. The zero-order valence-electron chi connectivity index (χ0n) is 10.2. The van der Waals surface area contributed by atoms with E-state index in [2.05, 4.69) is 16.4 Å². The molecule has 5 heteroatoms. The van der Waals surface area contributed by atoms with Crippen LogP contribution in [0.5, 0.6) is 0 Å². The molecule has 0 saturated heterocycles.